The Labute approximate surface area is 171 Å². The molecular formula is C22H27ClN4O. The predicted octanol–water partition coefficient (Wildman–Crippen LogP) is 5.05. The third-order valence-corrected chi connectivity index (χ3v) is 4.78. The summed E-state index contributed by atoms with van der Waals surface area (Å²) in [4.78, 5) is 8.68. The molecule has 1 aromatic carbocycles. The summed E-state index contributed by atoms with van der Waals surface area (Å²) in [5, 5.41) is 8.88. The predicted molar refractivity (Wildman–Crippen MR) is 116 cm³/mol. The summed E-state index contributed by atoms with van der Waals surface area (Å²) < 4.78 is 5.57. The molecular weight excluding hydrogens is 372 g/mol. The molecule has 3 rings (SSSR count). The number of hydrogen-bond donors (Lipinski definition) is 2. The average Bonchev–Trinajstić information content (AvgIpc) is 2.69. The molecule has 3 aromatic rings. The largest absolute Gasteiger partial charge is 0.478 e. The molecule has 1 atom stereocenters. The number of hydrogen-bond acceptors (Lipinski definition) is 5. The number of nitrogens with zero attached hydrogens (tertiary/aromatic N) is 2. The van der Waals surface area contributed by atoms with Crippen LogP contribution in [-0.4, -0.2) is 29.2 Å². The number of nitrogens with one attached hydrogen (secondary N) is 2. The molecule has 0 saturated carbocycles. The first kappa shape index (κ1) is 20.4. The molecule has 1 unspecified atom stereocenters. The van der Waals surface area contributed by atoms with E-state index in [4.69, 9.17) is 16.3 Å². The summed E-state index contributed by atoms with van der Waals surface area (Å²) in [6.07, 6.45) is 5.72. The quantitative estimate of drug-likeness (QED) is 0.468. The number of aromatic nitrogens is 2. The van der Waals surface area contributed by atoms with Crippen LogP contribution in [-0.2, 0) is 6.54 Å². The van der Waals surface area contributed by atoms with Crippen molar-refractivity contribution in [3.63, 3.8) is 0 Å². The van der Waals surface area contributed by atoms with Crippen LogP contribution in [0, 0.1) is 0 Å². The van der Waals surface area contributed by atoms with Crippen molar-refractivity contribution >= 4 is 28.2 Å². The lowest BCUT2D eigenvalue weighted by Gasteiger charge is -2.17. The zero-order chi connectivity index (χ0) is 19.8. The number of halogens is 1. The Hall–Kier alpha value is -2.37. The van der Waals surface area contributed by atoms with Gasteiger partial charge in [0.05, 0.1) is 12.1 Å². The second-order valence-electron chi connectivity index (χ2n) is 6.79. The number of benzene rings is 1. The van der Waals surface area contributed by atoms with Crippen LogP contribution in [0.4, 0.5) is 5.69 Å². The summed E-state index contributed by atoms with van der Waals surface area (Å²) in [6, 6.07) is 12.2. The first-order chi connectivity index (χ1) is 13.7. The van der Waals surface area contributed by atoms with Gasteiger partial charge in [-0.25, -0.2) is 4.98 Å². The Morgan fingerprint density at radius 3 is 2.89 bits per heavy atom. The topological polar surface area (TPSA) is 59.1 Å². The van der Waals surface area contributed by atoms with Crippen LogP contribution in [0.25, 0.3) is 10.9 Å². The summed E-state index contributed by atoms with van der Waals surface area (Å²) in [7, 11) is 0. The lowest BCUT2D eigenvalue weighted by molar-refractivity contribution is 0.322. The molecule has 0 radical (unpaired) electrons. The minimum Gasteiger partial charge on any atom is -0.478 e. The highest BCUT2D eigenvalue weighted by molar-refractivity contribution is 6.31. The van der Waals surface area contributed by atoms with E-state index in [-0.39, 0.29) is 0 Å². The van der Waals surface area contributed by atoms with E-state index in [0.717, 1.165) is 54.0 Å². The highest BCUT2D eigenvalue weighted by Gasteiger charge is 2.07. The fourth-order valence-electron chi connectivity index (χ4n) is 3.17. The molecule has 2 aromatic heterocycles. The van der Waals surface area contributed by atoms with Gasteiger partial charge in [-0.05, 0) is 63.6 Å². The van der Waals surface area contributed by atoms with Crippen LogP contribution in [0.3, 0.4) is 0 Å². The van der Waals surface area contributed by atoms with Gasteiger partial charge in [0.15, 0.2) is 0 Å². The SMILES string of the molecule is CCOc1ncccc1CNCCCC(C)Nc1ccnc2cc(Cl)ccc12. The normalized spacial score (nSPS) is 12.1. The first-order valence-electron chi connectivity index (χ1n) is 9.75. The molecule has 2 N–H and O–H groups in total. The van der Waals surface area contributed by atoms with Crippen LogP contribution in [0.1, 0.15) is 32.3 Å². The standard InChI is InChI=1S/C22H27ClN4O/c1-3-28-22-17(7-5-12-26-22)15-24-11-4-6-16(2)27-20-10-13-25-21-14-18(23)8-9-19(20)21/h5,7-10,12-14,16,24H,3-4,6,11,15H2,1-2H3,(H,25,27). The molecule has 0 saturated heterocycles. The maximum absolute atomic E-state index is 6.07. The zero-order valence-corrected chi connectivity index (χ0v) is 17.2. The Balaban J connectivity index is 1.45. The van der Waals surface area contributed by atoms with Crippen molar-refractivity contribution < 1.29 is 4.74 Å². The molecule has 0 aliphatic heterocycles. The lowest BCUT2D eigenvalue weighted by Crippen LogP contribution is -2.20. The Morgan fingerprint density at radius 2 is 2.04 bits per heavy atom. The van der Waals surface area contributed by atoms with Crippen LogP contribution >= 0.6 is 11.6 Å². The van der Waals surface area contributed by atoms with Gasteiger partial charge in [0.1, 0.15) is 0 Å². The van der Waals surface area contributed by atoms with E-state index in [1.807, 2.05) is 43.5 Å². The van der Waals surface area contributed by atoms with E-state index in [9.17, 15) is 0 Å². The molecule has 0 amide bonds. The van der Waals surface area contributed by atoms with Crippen LogP contribution in [0.15, 0.2) is 48.8 Å². The molecule has 0 aliphatic rings. The number of ether oxygens (including phenoxy) is 1. The Morgan fingerprint density at radius 1 is 1.14 bits per heavy atom. The van der Waals surface area contributed by atoms with Gasteiger partial charge in [-0.15, -0.1) is 0 Å². The molecule has 28 heavy (non-hydrogen) atoms. The van der Waals surface area contributed by atoms with Gasteiger partial charge in [0, 0.05) is 46.6 Å². The smallest absolute Gasteiger partial charge is 0.217 e. The first-order valence-corrected chi connectivity index (χ1v) is 10.1. The number of anilines is 1. The van der Waals surface area contributed by atoms with E-state index in [1.165, 1.54) is 0 Å². The van der Waals surface area contributed by atoms with E-state index < -0.39 is 0 Å². The van der Waals surface area contributed by atoms with Crippen molar-refractivity contribution in [3.8, 4) is 5.88 Å². The van der Waals surface area contributed by atoms with E-state index in [2.05, 4.69) is 33.6 Å². The van der Waals surface area contributed by atoms with E-state index >= 15 is 0 Å². The van der Waals surface area contributed by atoms with Gasteiger partial charge in [-0.3, -0.25) is 4.98 Å². The molecule has 5 nitrogen and oxygen atoms in total. The van der Waals surface area contributed by atoms with Crippen molar-refractivity contribution in [2.75, 3.05) is 18.5 Å². The number of rotatable bonds is 10. The van der Waals surface area contributed by atoms with Crippen molar-refractivity contribution in [3.05, 3.63) is 59.4 Å². The Kier molecular flexibility index (Phi) is 7.46. The van der Waals surface area contributed by atoms with Crippen molar-refractivity contribution in [1.82, 2.24) is 15.3 Å². The molecule has 6 heteroatoms. The Bertz CT molecular complexity index is 903. The van der Waals surface area contributed by atoms with Gasteiger partial charge < -0.3 is 15.4 Å². The van der Waals surface area contributed by atoms with Crippen molar-refractivity contribution in [2.24, 2.45) is 0 Å². The molecule has 0 aliphatic carbocycles. The summed E-state index contributed by atoms with van der Waals surface area (Å²) in [5.74, 6) is 0.720. The van der Waals surface area contributed by atoms with Gasteiger partial charge in [-0.2, -0.15) is 0 Å². The van der Waals surface area contributed by atoms with Crippen molar-refractivity contribution in [2.45, 2.75) is 39.3 Å². The number of pyridine rings is 2. The number of fused-ring (bicyclic) bond motifs is 1. The highest BCUT2D eigenvalue weighted by atomic mass is 35.5. The summed E-state index contributed by atoms with van der Waals surface area (Å²) in [6.45, 7) is 6.51. The van der Waals surface area contributed by atoms with Crippen LogP contribution in [0.2, 0.25) is 5.02 Å². The van der Waals surface area contributed by atoms with Gasteiger partial charge in [0.25, 0.3) is 0 Å². The second-order valence-corrected chi connectivity index (χ2v) is 7.22. The minimum absolute atomic E-state index is 0.362. The maximum Gasteiger partial charge on any atom is 0.217 e. The monoisotopic (exact) mass is 398 g/mol. The molecule has 0 spiro atoms. The van der Waals surface area contributed by atoms with E-state index in [1.54, 1.807) is 6.20 Å². The van der Waals surface area contributed by atoms with Gasteiger partial charge in [0.2, 0.25) is 5.88 Å². The molecule has 2 heterocycles. The zero-order valence-electron chi connectivity index (χ0n) is 16.4. The molecule has 0 fully saturated rings. The minimum atomic E-state index is 0.362. The molecule has 0 bridgehead atoms. The lowest BCUT2D eigenvalue weighted by atomic mass is 10.1. The fourth-order valence-corrected chi connectivity index (χ4v) is 3.33. The van der Waals surface area contributed by atoms with Crippen LogP contribution < -0.4 is 15.4 Å². The fraction of sp³-hybridized carbons (Fsp3) is 0.364. The summed E-state index contributed by atoms with van der Waals surface area (Å²) >= 11 is 6.07. The van der Waals surface area contributed by atoms with Crippen LogP contribution in [0.5, 0.6) is 5.88 Å². The maximum atomic E-state index is 6.07. The third-order valence-electron chi connectivity index (χ3n) is 4.54. The second kappa shape index (κ2) is 10.2. The average molecular weight is 399 g/mol. The molecule has 148 valence electrons. The summed E-state index contributed by atoms with van der Waals surface area (Å²) in [5.41, 5.74) is 3.10. The highest BCUT2D eigenvalue weighted by Crippen LogP contribution is 2.25. The van der Waals surface area contributed by atoms with E-state index in [0.29, 0.717) is 17.7 Å². The van der Waals surface area contributed by atoms with Gasteiger partial charge in [-0.1, -0.05) is 17.7 Å². The van der Waals surface area contributed by atoms with Gasteiger partial charge >= 0.3 is 0 Å². The third kappa shape index (κ3) is 5.57. The van der Waals surface area contributed by atoms with Crippen molar-refractivity contribution in [1.29, 1.82) is 0 Å².